The highest BCUT2D eigenvalue weighted by molar-refractivity contribution is 7.80. The van der Waals surface area contributed by atoms with Crippen molar-refractivity contribution in [3.8, 4) is 0 Å². The molecular weight excluding hydrogens is 263 g/mol. The monoisotopic (exact) mass is 280 g/mol. The summed E-state index contributed by atoms with van der Waals surface area (Å²) in [7, 11) is 0. The topological polar surface area (TPSA) is 46.3 Å². The van der Waals surface area contributed by atoms with Crippen LogP contribution in [0, 0.1) is 5.82 Å². The van der Waals surface area contributed by atoms with Crippen LogP contribution in [0.5, 0.6) is 0 Å². The van der Waals surface area contributed by atoms with Crippen molar-refractivity contribution in [2.24, 2.45) is 5.73 Å². The summed E-state index contributed by atoms with van der Waals surface area (Å²) in [6.45, 7) is 1.16. The van der Waals surface area contributed by atoms with Crippen molar-refractivity contribution in [1.82, 2.24) is 4.90 Å². The molecule has 0 unspecified atom stereocenters. The van der Waals surface area contributed by atoms with Crippen LogP contribution in [0.1, 0.15) is 36.8 Å². The van der Waals surface area contributed by atoms with Crippen LogP contribution in [0.15, 0.2) is 18.2 Å². The van der Waals surface area contributed by atoms with Gasteiger partial charge >= 0.3 is 0 Å². The molecule has 0 bridgehead atoms. The molecule has 3 nitrogen and oxygen atoms in total. The van der Waals surface area contributed by atoms with Crippen LogP contribution in [0.4, 0.5) is 4.39 Å². The lowest BCUT2D eigenvalue weighted by atomic mass is 10.1. The average molecular weight is 280 g/mol. The van der Waals surface area contributed by atoms with Crippen LogP contribution in [-0.4, -0.2) is 22.3 Å². The van der Waals surface area contributed by atoms with Crippen LogP contribution >= 0.6 is 12.2 Å². The Bertz CT molecular complexity index is 504. The molecule has 2 N–H and O–H groups in total. The van der Waals surface area contributed by atoms with Gasteiger partial charge in [0.15, 0.2) is 0 Å². The molecule has 0 aliphatic carbocycles. The zero-order valence-corrected chi connectivity index (χ0v) is 11.5. The number of amides is 1. The summed E-state index contributed by atoms with van der Waals surface area (Å²) in [6, 6.07) is 4.50. The molecule has 0 radical (unpaired) electrons. The Morgan fingerprint density at radius 3 is 2.84 bits per heavy atom. The zero-order chi connectivity index (χ0) is 13.8. The number of halogens is 1. The van der Waals surface area contributed by atoms with Gasteiger partial charge in [0.2, 0.25) is 5.91 Å². The summed E-state index contributed by atoms with van der Waals surface area (Å²) in [6.07, 6.45) is 3.60. The fourth-order valence-electron chi connectivity index (χ4n) is 2.31. The first-order chi connectivity index (χ1) is 9.06. The quantitative estimate of drug-likeness (QED) is 0.865. The molecule has 5 heteroatoms. The van der Waals surface area contributed by atoms with Crippen LogP contribution < -0.4 is 5.73 Å². The van der Waals surface area contributed by atoms with Gasteiger partial charge in [0, 0.05) is 25.1 Å². The number of rotatable bonds is 3. The largest absolute Gasteiger partial charge is 0.389 e. The molecule has 1 aliphatic rings. The van der Waals surface area contributed by atoms with Crippen LogP contribution in [0.2, 0.25) is 0 Å². The molecule has 0 spiro atoms. The first-order valence-electron chi connectivity index (χ1n) is 6.43. The summed E-state index contributed by atoms with van der Waals surface area (Å²) in [4.78, 5) is 13.9. The summed E-state index contributed by atoms with van der Waals surface area (Å²) >= 11 is 4.86. The van der Waals surface area contributed by atoms with Crippen molar-refractivity contribution in [2.45, 2.75) is 32.2 Å². The summed E-state index contributed by atoms with van der Waals surface area (Å²) in [5, 5.41) is 0. The Kier molecular flexibility index (Phi) is 4.47. The molecule has 102 valence electrons. The van der Waals surface area contributed by atoms with E-state index in [9.17, 15) is 9.18 Å². The molecule has 1 amide bonds. The third-order valence-corrected chi connectivity index (χ3v) is 3.52. The number of carbonyl (C=O) groups excluding carboxylic acids is 1. The maximum Gasteiger partial charge on any atom is 0.222 e. The Balaban J connectivity index is 2.17. The maximum atomic E-state index is 13.5. The smallest absolute Gasteiger partial charge is 0.222 e. The second-order valence-electron chi connectivity index (χ2n) is 4.84. The van der Waals surface area contributed by atoms with E-state index >= 15 is 0 Å². The molecule has 0 aromatic heterocycles. The van der Waals surface area contributed by atoms with Crippen LogP contribution in [0.3, 0.4) is 0 Å². The molecule has 19 heavy (non-hydrogen) atoms. The lowest BCUT2D eigenvalue weighted by Crippen LogP contribution is -2.29. The zero-order valence-electron chi connectivity index (χ0n) is 10.7. The average Bonchev–Trinajstić information content (AvgIpc) is 2.54. The minimum absolute atomic E-state index is 0.138. The second kappa shape index (κ2) is 6.10. The third kappa shape index (κ3) is 3.73. The second-order valence-corrected chi connectivity index (χ2v) is 5.28. The standard InChI is InChI=1S/C14H17FN2OS/c15-12-7-10(6-11(8-12)14(16)19)9-17-5-3-1-2-4-13(17)18/h6-8H,1-5,9H2,(H2,16,19). The minimum atomic E-state index is -0.373. The van der Waals surface area contributed by atoms with E-state index in [2.05, 4.69) is 0 Å². The van der Waals surface area contributed by atoms with E-state index in [1.54, 1.807) is 11.0 Å². The van der Waals surface area contributed by atoms with Gasteiger partial charge in [0.1, 0.15) is 10.8 Å². The summed E-state index contributed by atoms with van der Waals surface area (Å²) in [5.41, 5.74) is 6.76. The van der Waals surface area contributed by atoms with Crippen molar-refractivity contribution in [3.63, 3.8) is 0 Å². The number of hydrogen-bond acceptors (Lipinski definition) is 2. The van der Waals surface area contributed by atoms with Gasteiger partial charge in [0.05, 0.1) is 0 Å². The Morgan fingerprint density at radius 2 is 2.11 bits per heavy atom. The number of nitrogens with two attached hydrogens (primary N) is 1. The SMILES string of the molecule is NC(=S)c1cc(F)cc(CN2CCCCCC2=O)c1. The molecule has 1 aliphatic heterocycles. The lowest BCUT2D eigenvalue weighted by Gasteiger charge is -2.21. The van der Waals surface area contributed by atoms with Gasteiger partial charge < -0.3 is 10.6 Å². The van der Waals surface area contributed by atoms with Gasteiger partial charge in [-0.15, -0.1) is 0 Å². The van der Waals surface area contributed by atoms with Gasteiger partial charge in [-0.3, -0.25) is 4.79 Å². The maximum absolute atomic E-state index is 13.5. The predicted octanol–water partition coefficient (Wildman–Crippen LogP) is 2.36. The molecule has 1 heterocycles. The third-order valence-electron chi connectivity index (χ3n) is 3.29. The number of hydrogen-bond donors (Lipinski definition) is 1. The molecule has 1 saturated heterocycles. The van der Waals surface area contributed by atoms with E-state index in [0.29, 0.717) is 18.5 Å². The normalized spacial score (nSPS) is 16.3. The Hall–Kier alpha value is -1.49. The van der Waals surface area contributed by atoms with Gasteiger partial charge in [-0.2, -0.15) is 0 Å². The van der Waals surface area contributed by atoms with E-state index in [1.165, 1.54) is 12.1 Å². The highest BCUT2D eigenvalue weighted by Gasteiger charge is 2.17. The predicted molar refractivity (Wildman–Crippen MR) is 76.2 cm³/mol. The van der Waals surface area contributed by atoms with E-state index < -0.39 is 0 Å². The Morgan fingerprint density at radius 1 is 1.32 bits per heavy atom. The number of likely N-dealkylation sites (tertiary alicyclic amines) is 1. The van der Waals surface area contributed by atoms with Crippen LogP contribution in [0.25, 0.3) is 0 Å². The van der Waals surface area contributed by atoms with Crippen molar-refractivity contribution in [3.05, 3.63) is 35.1 Å². The molecule has 2 rings (SSSR count). The molecule has 0 saturated carbocycles. The number of thiocarbonyl (C=S) groups is 1. The van der Waals surface area contributed by atoms with E-state index in [1.807, 2.05) is 0 Å². The van der Waals surface area contributed by atoms with Gasteiger partial charge in [0.25, 0.3) is 0 Å². The molecule has 1 aromatic carbocycles. The van der Waals surface area contributed by atoms with Crippen molar-refractivity contribution < 1.29 is 9.18 Å². The van der Waals surface area contributed by atoms with E-state index in [4.69, 9.17) is 18.0 Å². The van der Waals surface area contributed by atoms with Gasteiger partial charge in [-0.25, -0.2) is 4.39 Å². The summed E-state index contributed by atoms with van der Waals surface area (Å²) < 4.78 is 13.5. The highest BCUT2D eigenvalue weighted by Crippen LogP contribution is 2.16. The minimum Gasteiger partial charge on any atom is -0.389 e. The highest BCUT2D eigenvalue weighted by atomic mass is 32.1. The lowest BCUT2D eigenvalue weighted by molar-refractivity contribution is -0.131. The molecule has 0 atom stereocenters. The first kappa shape index (κ1) is 13.9. The van der Waals surface area contributed by atoms with E-state index in [0.717, 1.165) is 31.4 Å². The fraction of sp³-hybridized carbons (Fsp3) is 0.429. The van der Waals surface area contributed by atoms with Crippen LogP contribution in [-0.2, 0) is 11.3 Å². The van der Waals surface area contributed by atoms with E-state index in [-0.39, 0.29) is 16.7 Å². The molecule has 1 fully saturated rings. The van der Waals surface area contributed by atoms with Crippen molar-refractivity contribution in [2.75, 3.05) is 6.54 Å². The number of carbonyl (C=O) groups is 1. The van der Waals surface area contributed by atoms with Gasteiger partial charge in [-0.05, 0) is 36.6 Å². The first-order valence-corrected chi connectivity index (χ1v) is 6.84. The van der Waals surface area contributed by atoms with Crippen molar-refractivity contribution >= 4 is 23.1 Å². The number of nitrogens with zero attached hydrogens (tertiary/aromatic N) is 1. The summed E-state index contributed by atoms with van der Waals surface area (Å²) in [5.74, 6) is -0.235. The van der Waals surface area contributed by atoms with Crippen molar-refractivity contribution in [1.29, 1.82) is 0 Å². The fourth-order valence-corrected chi connectivity index (χ4v) is 2.43. The number of benzene rings is 1. The Labute approximate surface area is 117 Å². The molecular formula is C14H17FN2OS. The molecule has 1 aromatic rings. The van der Waals surface area contributed by atoms with Gasteiger partial charge in [-0.1, -0.05) is 18.6 Å².